The van der Waals surface area contributed by atoms with Gasteiger partial charge in [-0.3, -0.25) is 19.2 Å². The molecule has 0 bridgehead atoms. The van der Waals surface area contributed by atoms with Crippen molar-refractivity contribution >= 4 is 29.7 Å². The number of carbonyl (C=O) groups excluding carboxylic acids is 5. The van der Waals surface area contributed by atoms with Gasteiger partial charge in [-0.05, 0) is 159 Å². The van der Waals surface area contributed by atoms with Crippen LogP contribution in [0.1, 0.15) is 120 Å². The van der Waals surface area contributed by atoms with Gasteiger partial charge in [-0.2, -0.15) is 0 Å². The second-order valence-corrected chi connectivity index (χ2v) is 21.2. The fourth-order valence-electron chi connectivity index (χ4n) is 9.83. The van der Waals surface area contributed by atoms with Crippen LogP contribution in [-0.4, -0.2) is 115 Å². The molecule has 12 heteroatoms. The van der Waals surface area contributed by atoms with Crippen molar-refractivity contribution in [1.29, 1.82) is 0 Å². The standard InChI is InChI=1S/C33H47N3O4.C28H39N3O2/c1-33(2,3)40-32(39)36-23-21-28(22-24-36)31(38)35(4)25-30(37)34-29(19-11-17-26-13-7-5-8-14-26)20-12-18-27-15-9-6-10-16-27;1-31(28(33)25-18-20-29-21-19-25)22-27(32)30-26(16-8-14-23-10-4-2-5-11-23)17-9-15-24-12-6-3-7-13-24/h5-10,13-16,28-29H,11-12,17-25H2,1-4H3,(H,34,37);2-7,10-13,25-26,29H,8-9,14-22H2,1H3,(H,30,32). The highest BCUT2D eigenvalue weighted by Gasteiger charge is 2.32. The van der Waals surface area contributed by atoms with Gasteiger partial charge in [0, 0.05) is 51.1 Å². The molecule has 0 aliphatic carbocycles. The predicted molar refractivity (Wildman–Crippen MR) is 293 cm³/mol. The lowest BCUT2D eigenvalue weighted by molar-refractivity contribution is -0.139. The minimum Gasteiger partial charge on any atom is -0.444 e. The molecule has 0 radical (unpaired) electrons. The van der Waals surface area contributed by atoms with Gasteiger partial charge in [0.05, 0.1) is 13.1 Å². The third-order valence-corrected chi connectivity index (χ3v) is 13.9. The Morgan fingerprint density at radius 3 is 1.16 bits per heavy atom. The molecule has 73 heavy (non-hydrogen) atoms. The number of hydrogen-bond acceptors (Lipinski definition) is 7. The topological polar surface area (TPSA) is 140 Å². The van der Waals surface area contributed by atoms with E-state index in [0.29, 0.717) is 25.9 Å². The first-order valence-electron chi connectivity index (χ1n) is 27.2. The van der Waals surface area contributed by atoms with Gasteiger partial charge in [0.25, 0.3) is 0 Å². The third kappa shape index (κ3) is 22.7. The van der Waals surface area contributed by atoms with E-state index in [-0.39, 0.29) is 66.7 Å². The van der Waals surface area contributed by atoms with Gasteiger partial charge in [-0.25, -0.2) is 4.79 Å². The van der Waals surface area contributed by atoms with Crippen LogP contribution in [0.2, 0.25) is 0 Å². The number of amides is 5. The number of hydrogen-bond donors (Lipinski definition) is 3. The SMILES string of the molecule is CN(CC(=O)NC(CCCc1ccccc1)CCCc1ccccc1)C(=O)C1CCN(C(=O)OC(C)(C)C)CC1.CN(CC(=O)NC(CCCc1ccccc1)CCCc1ccccc1)C(=O)C1CCNCC1. The first kappa shape index (κ1) is 57.9. The van der Waals surface area contributed by atoms with E-state index in [1.54, 1.807) is 23.9 Å². The summed E-state index contributed by atoms with van der Waals surface area (Å²) >= 11 is 0. The Morgan fingerprint density at radius 2 is 0.849 bits per heavy atom. The second kappa shape index (κ2) is 31.6. The maximum atomic E-state index is 13.1. The highest BCUT2D eigenvalue weighted by atomic mass is 16.6. The van der Waals surface area contributed by atoms with Crippen LogP contribution in [0.25, 0.3) is 0 Å². The van der Waals surface area contributed by atoms with Crippen LogP contribution in [0.15, 0.2) is 121 Å². The first-order valence-corrected chi connectivity index (χ1v) is 27.2. The monoisotopic (exact) mass is 999 g/mol. The van der Waals surface area contributed by atoms with Crippen molar-refractivity contribution in [3.8, 4) is 0 Å². The molecule has 5 amide bonds. The number of likely N-dealkylation sites (tertiary alicyclic amines) is 1. The highest BCUT2D eigenvalue weighted by molar-refractivity contribution is 5.86. The average Bonchev–Trinajstić information content (AvgIpc) is 3.39. The number of carbonyl (C=O) groups is 5. The van der Waals surface area contributed by atoms with Crippen molar-refractivity contribution in [3.05, 3.63) is 144 Å². The Bertz CT molecular complexity index is 2120. The van der Waals surface area contributed by atoms with Gasteiger partial charge in [0.15, 0.2) is 0 Å². The summed E-state index contributed by atoms with van der Waals surface area (Å²) in [5, 5.41) is 9.74. The molecule has 3 N–H and O–H groups in total. The van der Waals surface area contributed by atoms with Crippen molar-refractivity contribution in [2.24, 2.45) is 11.8 Å². The maximum absolute atomic E-state index is 13.1. The fourth-order valence-corrected chi connectivity index (χ4v) is 9.83. The summed E-state index contributed by atoms with van der Waals surface area (Å²) in [5.74, 6) is -0.267. The Labute approximate surface area is 437 Å². The zero-order chi connectivity index (χ0) is 52.3. The first-order chi connectivity index (χ1) is 35.2. The number of likely N-dealkylation sites (N-methyl/N-ethyl adjacent to an activating group) is 2. The number of nitrogens with one attached hydrogen (secondary N) is 3. The quantitative estimate of drug-likeness (QED) is 0.0636. The minimum absolute atomic E-state index is 0.0382. The Kier molecular flexibility index (Phi) is 25.0. The molecule has 4 aromatic rings. The number of aryl methyl sites for hydroxylation is 4. The Hall–Kier alpha value is -6.01. The third-order valence-electron chi connectivity index (χ3n) is 13.9. The lowest BCUT2D eigenvalue weighted by atomic mass is 9.95. The molecule has 2 heterocycles. The molecular formula is C61H86N6O6. The van der Waals surface area contributed by atoms with E-state index in [9.17, 15) is 24.0 Å². The number of ether oxygens (including phenoxy) is 1. The van der Waals surface area contributed by atoms with E-state index in [1.165, 1.54) is 27.2 Å². The summed E-state index contributed by atoms with van der Waals surface area (Å²) in [6.45, 7) is 8.43. The smallest absolute Gasteiger partial charge is 0.410 e. The van der Waals surface area contributed by atoms with Gasteiger partial charge in [0.1, 0.15) is 5.60 Å². The number of nitrogens with zero attached hydrogens (tertiary/aromatic N) is 3. The molecule has 0 spiro atoms. The summed E-state index contributed by atoms with van der Waals surface area (Å²) in [5.41, 5.74) is 4.73. The van der Waals surface area contributed by atoms with E-state index in [1.807, 2.05) is 45.0 Å². The van der Waals surface area contributed by atoms with Gasteiger partial charge in [-0.1, -0.05) is 121 Å². The maximum Gasteiger partial charge on any atom is 0.410 e. The molecule has 2 fully saturated rings. The Morgan fingerprint density at radius 1 is 0.534 bits per heavy atom. The Balaban J connectivity index is 0.000000276. The number of rotatable bonds is 24. The van der Waals surface area contributed by atoms with E-state index in [0.717, 1.165) is 103 Å². The van der Waals surface area contributed by atoms with Crippen LogP contribution in [0.3, 0.4) is 0 Å². The normalized spacial score (nSPS) is 14.2. The van der Waals surface area contributed by atoms with Crippen LogP contribution in [0.5, 0.6) is 0 Å². The summed E-state index contributed by atoms with van der Waals surface area (Å²) in [6.07, 6.45) is 14.2. The molecule has 2 aliphatic heterocycles. The molecule has 0 aromatic heterocycles. The molecular weight excluding hydrogens is 913 g/mol. The van der Waals surface area contributed by atoms with Crippen LogP contribution < -0.4 is 16.0 Å². The summed E-state index contributed by atoms with van der Waals surface area (Å²) < 4.78 is 5.45. The van der Waals surface area contributed by atoms with E-state index >= 15 is 0 Å². The van der Waals surface area contributed by atoms with Crippen molar-refractivity contribution in [3.63, 3.8) is 0 Å². The van der Waals surface area contributed by atoms with Gasteiger partial charge in [0.2, 0.25) is 23.6 Å². The molecule has 12 nitrogen and oxygen atoms in total. The second-order valence-electron chi connectivity index (χ2n) is 21.2. The molecule has 0 unspecified atom stereocenters. The molecule has 2 saturated heterocycles. The van der Waals surface area contributed by atoms with Gasteiger partial charge >= 0.3 is 6.09 Å². The zero-order valence-electron chi connectivity index (χ0n) is 44.7. The van der Waals surface area contributed by atoms with E-state index in [2.05, 4.69) is 113 Å². The van der Waals surface area contributed by atoms with E-state index < -0.39 is 5.60 Å². The zero-order valence-corrected chi connectivity index (χ0v) is 44.7. The lowest BCUT2D eigenvalue weighted by Gasteiger charge is -2.34. The van der Waals surface area contributed by atoms with Crippen LogP contribution in [0, 0.1) is 11.8 Å². The molecule has 6 rings (SSSR count). The molecule has 2 aliphatic rings. The molecule has 0 atom stereocenters. The van der Waals surface area contributed by atoms with Crippen molar-refractivity contribution in [1.82, 2.24) is 30.7 Å². The van der Waals surface area contributed by atoms with Crippen LogP contribution in [0.4, 0.5) is 4.79 Å². The van der Waals surface area contributed by atoms with Gasteiger partial charge in [-0.15, -0.1) is 0 Å². The number of benzene rings is 4. The largest absolute Gasteiger partial charge is 0.444 e. The molecule has 396 valence electrons. The van der Waals surface area contributed by atoms with Crippen molar-refractivity contribution in [2.45, 2.75) is 141 Å². The highest BCUT2D eigenvalue weighted by Crippen LogP contribution is 2.22. The number of piperidine rings is 2. The minimum atomic E-state index is -0.543. The lowest BCUT2D eigenvalue weighted by Crippen LogP contribution is -2.47. The average molecular weight is 999 g/mol. The molecule has 4 aromatic carbocycles. The molecule has 0 saturated carbocycles. The van der Waals surface area contributed by atoms with Crippen LogP contribution in [-0.2, 0) is 49.6 Å². The van der Waals surface area contributed by atoms with E-state index in [4.69, 9.17) is 4.74 Å². The van der Waals surface area contributed by atoms with Crippen molar-refractivity contribution < 1.29 is 28.7 Å². The van der Waals surface area contributed by atoms with Crippen molar-refractivity contribution in [2.75, 3.05) is 53.4 Å². The summed E-state index contributed by atoms with van der Waals surface area (Å²) in [7, 11) is 3.45. The summed E-state index contributed by atoms with van der Waals surface area (Å²) in [4.78, 5) is 68.8. The van der Waals surface area contributed by atoms with Crippen LogP contribution >= 0.6 is 0 Å². The summed E-state index contributed by atoms with van der Waals surface area (Å²) in [6, 6.07) is 42.0. The fraction of sp³-hybridized carbons (Fsp3) is 0.525. The predicted octanol–water partition coefficient (Wildman–Crippen LogP) is 9.60. The van der Waals surface area contributed by atoms with Gasteiger partial charge < -0.3 is 35.4 Å².